The van der Waals surface area contributed by atoms with Gasteiger partial charge in [0.25, 0.3) is 26.7 Å². The molecule has 1 amide bonds. The number of aromatic nitrogens is 17. The van der Waals surface area contributed by atoms with Crippen LogP contribution in [0.4, 0.5) is 0 Å². The summed E-state index contributed by atoms with van der Waals surface area (Å²) in [7, 11) is 17.9. The number of nitrogens with zero attached hydrogens (tertiary/aromatic N) is 18. The van der Waals surface area contributed by atoms with E-state index in [0.717, 1.165) is 123 Å². The van der Waals surface area contributed by atoms with E-state index in [0.29, 0.717) is 176 Å². The predicted octanol–water partition coefficient (Wildman–Crippen LogP) is 22.0. The average molecular weight is 2070 g/mol. The minimum absolute atomic E-state index is 0.0357. The molecule has 0 atom stereocenters. The highest BCUT2D eigenvalue weighted by atomic mass is 32.1. The van der Waals surface area contributed by atoms with Crippen LogP contribution in [0.3, 0.4) is 0 Å². The summed E-state index contributed by atoms with van der Waals surface area (Å²) in [6.45, 7) is 2.86. The van der Waals surface area contributed by atoms with Gasteiger partial charge in [0.1, 0.15) is 138 Å². The number of hydrogen-bond donors (Lipinski definition) is 0. The number of hydrogen-bond acceptors (Lipinski definition) is 40. The molecule has 1 saturated heterocycles. The summed E-state index contributed by atoms with van der Waals surface area (Å²) in [5.41, 5.74) is 12.2. The number of fused-ring (bicyclic) bond motifs is 8. The van der Waals surface area contributed by atoms with Crippen molar-refractivity contribution in [2.45, 2.75) is 45.2 Å². The first-order valence-corrected chi connectivity index (χ1v) is 50.6. The molecule has 0 unspecified atom stereocenters. The van der Waals surface area contributed by atoms with Crippen molar-refractivity contribution in [3.8, 4) is 150 Å². The van der Waals surface area contributed by atoms with Gasteiger partial charge in [0.2, 0.25) is 19.8 Å². The van der Waals surface area contributed by atoms with Crippen LogP contribution in [-0.4, -0.2) is 185 Å². The van der Waals surface area contributed by atoms with Gasteiger partial charge in [-0.05, 0) is 131 Å². The van der Waals surface area contributed by atoms with Gasteiger partial charge in [-0.15, -0.1) is 65.7 Å². The number of methoxy groups -OCH3 is 9. The molecule has 143 heavy (non-hydrogen) atoms. The minimum atomic E-state index is -0.0357. The summed E-state index contributed by atoms with van der Waals surface area (Å²) in [5.74, 6) is 8.79. The smallest absolute Gasteiger partial charge is 0.294 e. The highest BCUT2D eigenvalue weighted by Gasteiger charge is 2.27. The van der Waals surface area contributed by atoms with Gasteiger partial charge in [0.15, 0.2) is 23.0 Å². The lowest BCUT2D eigenvalue weighted by molar-refractivity contribution is 0.0827. The first-order chi connectivity index (χ1) is 69.9. The number of thiazole rings is 4. The van der Waals surface area contributed by atoms with Crippen molar-refractivity contribution >= 4 is 160 Å². The van der Waals surface area contributed by atoms with Gasteiger partial charge in [-0.2, -0.15) is 0 Å². The van der Waals surface area contributed by atoms with Crippen LogP contribution in [0.1, 0.15) is 56.9 Å². The standard InChI is InChI=1S/C27H23N5O5S2.C25H20N4O5S2.C23H17N5O4S2.C23H22N4O5S2/c1-31(2)25(33)16-7-5-15(6-8-16)24-28-17(14-38-24)13-36-21-9-18(34-3)10-22-19(21)11-23(37-22)20-12-32-26(29-20)39-27(30-32)35-4;1-30-16-6-4-14(5-7-16)23-26-15(13-35-23)12-33-20-8-17(31-2)9-21-18(20)10-22(34-21)19-11-29-24(27-19)36-25(28-29)32-3;1-29-15-7-18(31-11-14-12-33-21(25-14)13-3-5-24-6-4-13)16-9-20(32-19(16)8-15)17-10-28-22(26-17)34-23(27-28)30-2;1-28-15-7-18(31-11-14-12-33-21(24-14)13-3-5-30-6-4-13)16-9-20(32-19(16)8-15)17-10-27-22(25-17)34-23(26-27)29-2/h5-12,14H,13H2,1-4H3;4-11,13H,12H2,1-3H3;3-10,12H,11H2,1-2H3;7-10,12-13H,3-6,11H2,1-2H3. The normalized spacial score (nSPS) is 12.1. The van der Waals surface area contributed by atoms with Crippen LogP contribution in [0, 0.1) is 0 Å². The van der Waals surface area contributed by atoms with Crippen molar-refractivity contribution in [2.75, 3.05) is 91.3 Å². The Labute approximate surface area is 843 Å². The zero-order valence-corrected chi connectivity index (χ0v) is 84.3. The van der Waals surface area contributed by atoms with Crippen LogP contribution in [0.25, 0.3) is 141 Å². The lowest BCUT2D eigenvalue weighted by Crippen LogP contribution is -2.21. The summed E-state index contributed by atoms with van der Waals surface area (Å²) in [6, 6.07) is 41.5. The second-order valence-corrected chi connectivity index (χ2v) is 38.8. The molecule has 726 valence electrons. The van der Waals surface area contributed by atoms with E-state index in [-0.39, 0.29) is 12.5 Å². The average Bonchev–Trinajstić information content (AvgIpc) is 1.63. The Morgan fingerprint density at radius 1 is 0.357 bits per heavy atom. The monoisotopic (exact) mass is 2070 g/mol. The van der Waals surface area contributed by atoms with Crippen molar-refractivity contribution in [1.29, 1.82) is 0 Å². The van der Waals surface area contributed by atoms with Gasteiger partial charge < -0.3 is 88.9 Å². The number of carbonyl (C=O) groups is 1. The molecule has 1 aliphatic heterocycles. The van der Waals surface area contributed by atoms with Crippen molar-refractivity contribution in [1.82, 2.24) is 88.2 Å². The SMILES string of the molecule is COc1cc(OCc2csc(-c3ccc(C(=O)N(C)C)cc3)n2)c2cc(-c3cn4nc(OC)sc4n3)oc2c1.COc1cc(OCc2csc(-c3ccncc3)n2)c2cc(-c3cn4nc(OC)sc4n3)oc2c1.COc1cc(OCc2csc(C3CCOCC3)n2)c2cc(-c3cn4nc(OC)sc4n3)oc2c1.COc1ccc(-c2nc(COc3cc(OC)cc4oc(-c5cn6nc(OC)sc6n5)cc34)cs2)cc1. The Balaban J connectivity index is 0.000000113. The van der Waals surface area contributed by atoms with E-state index < -0.39 is 0 Å². The molecule has 0 radical (unpaired) electrons. The molecule has 6 aromatic carbocycles. The van der Waals surface area contributed by atoms with E-state index in [9.17, 15) is 4.79 Å². The van der Waals surface area contributed by atoms with E-state index in [2.05, 4.69) is 55.7 Å². The highest BCUT2D eigenvalue weighted by molar-refractivity contribution is 7.19. The molecular formula is C98H82N18O19S8. The molecule has 37 nitrogen and oxygen atoms in total. The second kappa shape index (κ2) is 41.3. The van der Waals surface area contributed by atoms with Gasteiger partial charge in [-0.3, -0.25) is 9.78 Å². The van der Waals surface area contributed by atoms with Crippen LogP contribution in [0.5, 0.6) is 72.5 Å². The maximum absolute atomic E-state index is 12.2. The highest BCUT2D eigenvalue weighted by Crippen LogP contribution is 2.45. The summed E-state index contributed by atoms with van der Waals surface area (Å²) in [4.78, 5) is 58.0. The molecule has 0 N–H and O–H groups in total. The summed E-state index contributed by atoms with van der Waals surface area (Å²) < 4.78 is 109. The van der Waals surface area contributed by atoms with Crippen LogP contribution >= 0.6 is 90.7 Å². The number of imidazole rings is 4. The van der Waals surface area contributed by atoms with E-state index >= 15 is 0 Å². The fourth-order valence-corrected chi connectivity index (χ4v) is 21.4. The van der Waals surface area contributed by atoms with Crippen LogP contribution in [0.2, 0.25) is 0 Å². The number of rotatable bonds is 30. The van der Waals surface area contributed by atoms with Crippen molar-refractivity contribution < 1.29 is 88.8 Å². The van der Waals surface area contributed by atoms with Crippen molar-refractivity contribution in [3.63, 3.8) is 0 Å². The zero-order valence-electron chi connectivity index (χ0n) is 77.8. The van der Waals surface area contributed by atoms with Crippen molar-refractivity contribution in [3.05, 3.63) is 226 Å². The number of pyridine rings is 1. The Kier molecular flexibility index (Phi) is 27.0. The largest absolute Gasteiger partial charge is 0.497 e. The van der Waals surface area contributed by atoms with Gasteiger partial charge in [-0.1, -0.05) is 12.1 Å². The quantitative estimate of drug-likeness (QED) is 0.0403. The molecular weight excluding hydrogens is 1990 g/mol. The molecule has 0 bridgehead atoms. The van der Waals surface area contributed by atoms with Gasteiger partial charge in [0.05, 0.1) is 138 Å². The Morgan fingerprint density at radius 2 is 0.664 bits per heavy atom. The van der Waals surface area contributed by atoms with Gasteiger partial charge in [0, 0.05) is 138 Å². The first-order valence-electron chi connectivity index (χ1n) is 43.8. The zero-order chi connectivity index (χ0) is 97.9. The lowest BCUT2D eigenvalue weighted by Gasteiger charge is -2.19. The van der Waals surface area contributed by atoms with Crippen molar-refractivity contribution in [2.24, 2.45) is 0 Å². The van der Waals surface area contributed by atoms with Crippen LogP contribution in [-0.2, 0) is 31.2 Å². The molecule has 45 heteroatoms. The molecule has 17 aromatic heterocycles. The topological polar surface area (TPSA) is 387 Å². The van der Waals surface area contributed by atoms with E-state index in [1.807, 2.05) is 156 Å². The minimum Gasteiger partial charge on any atom is -0.497 e. The Bertz CT molecular complexity index is 8330. The third kappa shape index (κ3) is 20.3. The number of carbonyl (C=O) groups excluding carboxylic acids is 1. The van der Waals surface area contributed by atoms with E-state index in [4.69, 9.17) is 98.9 Å². The van der Waals surface area contributed by atoms with Crippen LogP contribution < -0.4 is 61.6 Å². The third-order valence-corrected chi connectivity index (χ3v) is 29.8. The maximum Gasteiger partial charge on any atom is 0.294 e. The molecule has 1 aliphatic rings. The van der Waals surface area contributed by atoms with E-state index in [1.165, 1.54) is 56.7 Å². The van der Waals surface area contributed by atoms with Crippen LogP contribution in [0.15, 0.2) is 210 Å². The number of benzene rings is 6. The Morgan fingerprint density at radius 3 is 0.972 bits per heavy atom. The van der Waals surface area contributed by atoms with E-state index in [1.54, 1.807) is 166 Å². The Hall–Kier alpha value is -15.6. The molecule has 23 aromatic rings. The number of ether oxygens (including phenoxy) is 14. The first kappa shape index (κ1) is 93.7. The molecule has 0 spiro atoms. The fraction of sp³-hybridized carbons (Fsp3) is 0.204. The molecule has 18 heterocycles. The number of furan rings is 4. The fourth-order valence-electron chi connectivity index (χ4n) is 15.2. The third-order valence-electron chi connectivity index (χ3n) is 22.4. The lowest BCUT2D eigenvalue weighted by atomic mass is 10.0. The summed E-state index contributed by atoms with van der Waals surface area (Å²) in [5, 5.41) is 34.6. The van der Waals surface area contributed by atoms with Gasteiger partial charge >= 0.3 is 0 Å². The van der Waals surface area contributed by atoms with Gasteiger partial charge in [-0.25, -0.2) is 57.9 Å². The molecule has 0 saturated carbocycles. The number of amides is 1. The second-order valence-electron chi connectivity index (χ2n) is 31.7. The summed E-state index contributed by atoms with van der Waals surface area (Å²) in [6.07, 6.45) is 12.8. The molecule has 0 aliphatic carbocycles. The predicted molar refractivity (Wildman–Crippen MR) is 544 cm³/mol. The maximum atomic E-state index is 12.2. The summed E-state index contributed by atoms with van der Waals surface area (Å²) >= 11 is 11.8. The molecule has 24 rings (SSSR count). The molecule has 1 fully saturated rings.